The Morgan fingerprint density at radius 2 is 2.12 bits per heavy atom. The normalized spacial score (nSPS) is 43.4. The first-order valence-corrected chi connectivity index (χ1v) is 5.93. The Hall–Kier alpha value is -0.160. The van der Waals surface area contributed by atoms with Gasteiger partial charge in [0.2, 0.25) is 0 Å². The van der Waals surface area contributed by atoms with Gasteiger partial charge in [0.1, 0.15) is 17.8 Å². The molecule has 4 heteroatoms. The van der Waals surface area contributed by atoms with Crippen LogP contribution in [0.25, 0.3) is 0 Å². The molecule has 0 aromatic carbocycles. The Balaban J connectivity index is 2.07. The van der Waals surface area contributed by atoms with Crippen LogP contribution in [0.1, 0.15) is 29.1 Å². The lowest BCUT2D eigenvalue weighted by Crippen LogP contribution is -2.47. The van der Waals surface area contributed by atoms with Gasteiger partial charge in [-0.2, -0.15) is 0 Å². The molecule has 4 nitrogen and oxygen atoms in total. The molecule has 0 amide bonds. The topological polar surface area (TPSA) is 36.9 Å². The van der Waals surface area contributed by atoms with Gasteiger partial charge in [0.25, 0.3) is 0 Å². The van der Waals surface area contributed by atoms with E-state index in [1.165, 1.54) is 0 Å². The lowest BCUT2D eigenvalue weighted by atomic mass is 10.00. The zero-order valence-electron chi connectivity index (χ0n) is 11.4. The smallest absolute Gasteiger partial charge is 0.143 e. The van der Waals surface area contributed by atoms with Gasteiger partial charge in [0.05, 0.1) is 33.4 Å². The van der Waals surface area contributed by atoms with E-state index in [-0.39, 0.29) is 24.4 Å². The van der Waals surface area contributed by atoms with Gasteiger partial charge in [0, 0.05) is 0 Å². The molecule has 0 saturated carbocycles. The molecule has 2 aliphatic rings. The van der Waals surface area contributed by atoms with E-state index in [9.17, 15) is 0 Å². The van der Waals surface area contributed by atoms with Crippen LogP contribution in [0.4, 0.5) is 0 Å². The number of hydrogen-bond acceptors (Lipinski definition) is 4. The maximum Gasteiger partial charge on any atom is 0.143 e. The van der Waals surface area contributed by atoms with Crippen molar-refractivity contribution in [3.8, 4) is 0 Å². The lowest BCUT2D eigenvalue weighted by Gasteiger charge is -2.30. The molecule has 2 rings (SSSR count). The first-order valence-electron chi connectivity index (χ1n) is 6.51. The summed E-state index contributed by atoms with van der Waals surface area (Å²) in [6.45, 7) is 8.14. The quantitative estimate of drug-likeness (QED) is 0.717. The van der Waals surface area contributed by atoms with E-state index >= 15 is 0 Å². The highest BCUT2D eigenvalue weighted by molar-refractivity contribution is 5.05. The summed E-state index contributed by atoms with van der Waals surface area (Å²) in [6, 6.07) is 0. The van der Waals surface area contributed by atoms with E-state index < -0.39 is 12.2 Å². The molecule has 94 valence electrons. The van der Waals surface area contributed by atoms with Gasteiger partial charge in [-0.3, -0.25) is 0 Å². The standard InChI is InChI=1S/C12H22O4/c1-8(2)13-6-12-7-14-10(5-15-12)11(12)16-9(3)4/h8-11H,5-7H2,1-4H3/t10-,11?,12+/m1/s1/i5T/t5-,10+,11?,12-/m0. The van der Waals surface area contributed by atoms with Crippen molar-refractivity contribution in [1.82, 2.24) is 0 Å². The Bertz CT molecular complexity index is 271. The molecular weight excluding hydrogens is 208 g/mol. The predicted molar refractivity (Wildman–Crippen MR) is 59.5 cm³/mol. The average molecular weight is 232 g/mol. The lowest BCUT2D eigenvalue weighted by molar-refractivity contribution is -0.151. The van der Waals surface area contributed by atoms with Crippen LogP contribution in [0.3, 0.4) is 0 Å². The van der Waals surface area contributed by atoms with Crippen LogP contribution in [0, 0.1) is 0 Å². The Labute approximate surface area is 98.6 Å². The van der Waals surface area contributed by atoms with Gasteiger partial charge < -0.3 is 18.9 Å². The van der Waals surface area contributed by atoms with Crippen LogP contribution in [0.2, 0.25) is 0 Å². The van der Waals surface area contributed by atoms with Gasteiger partial charge in [-0.25, -0.2) is 0 Å². The summed E-state index contributed by atoms with van der Waals surface area (Å²) >= 11 is 0. The van der Waals surface area contributed by atoms with Crippen molar-refractivity contribution in [3.63, 3.8) is 0 Å². The van der Waals surface area contributed by atoms with Crippen LogP contribution in [-0.4, -0.2) is 49.8 Å². The molecule has 0 aromatic heterocycles. The SMILES string of the molecule is [3H][C@@H]1O[C@@]2(COC(C)C)CO[C@H]1C2OC(C)C. The highest BCUT2D eigenvalue weighted by atomic mass is 16.7. The van der Waals surface area contributed by atoms with Crippen molar-refractivity contribution in [1.29, 1.82) is 0 Å². The molecule has 2 aliphatic heterocycles. The fraction of sp³-hybridized carbons (Fsp3) is 1.00. The van der Waals surface area contributed by atoms with Crippen molar-refractivity contribution < 1.29 is 20.3 Å². The number of fused-ring (bicyclic) bond motifs is 2. The summed E-state index contributed by atoms with van der Waals surface area (Å²) in [5.41, 5.74) is -0.592. The minimum atomic E-state index is -0.664. The predicted octanol–water partition coefficient (Wildman–Crippen LogP) is 1.37. The maximum absolute atomic E-state index is 7.82. The zero-order valence-corrected chi connectivity index (χ0v) is 10.4. The summed E-state index contributed by atoms with van der Waals surface area (Å²) in [5, 5.41) is 0. The molecule has 2 heterocycles. The number of rotatable bonds is 5. The molecule has 0 radical (unpaired) electrons. The molecule has 0 aromatic rings. The van der Waals surface area contributed by atoms with Crippen LogP contribution in [0.5, 0.6) is 0 Å². The van der Waals surface area contributed by atoms with E-state index in [2.05, 4.69) is 0 Å². The van der Waals surface area contributed by atoms with Crippen molar-refractivity contribution >= 4 is 0 Å². The van der Waals surface area contributed by atoms with Crippen molar-refractivity contribution in [2.45, 2.75) is 57.7 Å². The molecule has 0 spiro atoms. The minimum absolute atomic E-state index is 0.0940. The summed E-state index contributed by atoms with van der Waals surface area (Å²) in [5.74, 6) is 0. The van der Waals surface area contributed by atoms with E-state index in [1.54, 1.807) is 0 Å². The molecule has 2 fully saturated rings. The van der Waals surface area contributed by atoms with Crippen LogP contribution < -0.4 is 0 Å². The Kier molecular flexibility index (Phi) is 3.16. The van der Waals surface area contributed by atoms with E-state index in [1.807, 2.05) is 27.7 Å². The molecule has 0 N–H and O–H groups in total. The second-order valence-electron chi connectivity index (χ2n) is 5.06. The van der Waals surface area contributed by atoms with Gasteiger partial charge in [-0.15, -0.1) is 0 Å². The number of ether oxygens (including phenoxy) is 4. The van der Waals surface area contributed by atoms with E-state index in [0.717, 1.165) is 0 Å². The summed E-state index contributed by atoms with van der Waals surface area (Å²) in [6.07, 6.45) is -0.245. The minimum Gasteiger partial charge on any atom is -0.376 e. The monoisotopic (exact) mass is 232 g/mol. The number of hydrogen-bond donors (Lipinski definition) is 0. The van der Waals surface area contributed by atoms with Crippen LogP contribution >= 0.6 is 0 Å². The van der Waals surface area contributed by atoms with Gasteiger partial charge >= 0.3 is 0 Å². The van der Waals surface area contributed by atoms with Gasteiger partial charge in [-0.05, 0) is 27.7 Å². The Morgan fingerprint density at radius 1 is 1.38 bits per heavy atom. The van der Waals surface area contributed by atoms with Gasteiger partial charge in [0.15, 0.2) is 0 Å². The van der Waals surface area contributed by atoms with Crippen LogP contribution in [0.15, 0.2) is 0 Å². The summed E-state index contributed by atoms with van der Waals surface area (Å²) < 4.78 is 30.6. The second kappa shape index (κ2) is 4.61. The maximum atomic E-state index is 7.82. The third-order valence-electron chi connectivity index (χ3n) is 2.85. The van der Waals surface area contributed by atoms with Crippen molar-refractivity contribution in [2.24, 2.45) is 0 Å². The zero-order chi connectivity index (χ0) is 12.6. The van der Waals surface area contributed by atoms with E-state index in [4.69, 9.17) is 20.3 Å². The second-order valence-corrected chi connectivity index (χ2v) is 5.06. The van der Waals surface area contributed by atoms with Gasteiger partial charge in [-0.1, -0.05) is 0 Å². The van der Waals surface area contributed by atoms with Crippen LogP contribution in [-0.2, 0) is 18.9 Å². The fourth-order valence-corrected chi connectivity index (χ4v) is 2.08. The van der Waals surface area contributed by atoms with Crippen molar-refractivity contribution in [2.75, 3.05) is 19.8 Å². The average Bonchev–Trinajstić information content (AvgIpc) is 2.67. The summed E-state index contributed by atoms with van der Waals surface area (Å²) in [4.78, 5) is 0. The first kappa shape index (κ1) is 11.0. The largest absolute Gasteiger partial charge is 0.376 e. The molecule has 1 unspecified atom stereocenters. The Morgan fingerprint density at radius 3 is 2.69 bits per heavy atom. The first-order chi connectivity index (χ1) is 7.94. The molecule has 16 heavy (non-hydrogen) atoms. The molecule has 0 aliphatic carbocycles. The van der Waals surface area contributed by atoms with E-state index in [0.29, 0.717) is 13.2 Å². The summed E-state index contributed by atoms with van der Waals surface area (Å²) in [7, 11) is 0. The fourth-order valence-electron chi connectivity index (χ4n) is 2.08. The third kappa shape index (κ3) is 2.25. The molecule has 4 atom stereocenters. The highest BCUT2D eigenvalue weighted by Crippen LogP contribution is 2.38. The molecular formula is C12H22O4. The highest BCUT2D eigenvalue weighted by Gasteiger charge is 2.58. The molecule has 2 bridgehead atoms. The van der Waals surface area contributed by atoms with Crippen molar-refractivity contribution in [3.05, 3.63) is 0 Å². The third-order valence-corrected chi connectivity index (χ3v) is 2.85. The molecule has 2 saturated heterocycles.